The monoisotopic (exact) mass is 463 g/mol. The van der Waals surface area contributed by atoms with Crippen LogP contribution in [0.5, 0.6) is 0 Å². The number of benzene rings is 3. The van der Waals surface area contributed by atoms with Crippen LogP contribution in [0.4, 0.5) is 10.1 Å². The average Bonchev–Trinajstić information content (AvgIpc) is 3.11. The summed E-state index contributed by atoms with van der Waals surface area (Å²) in [7, 11) is -4.25. The Hall–Kier alpha value is -3.87. The molecule has 1 aliphatic heterocycles. The maximum absolute atomic E-state index is 13.5. The number of amides is 2. The molecule has 1 unspecified atom stereocenters. The number of imide groups is 1. The van der Waals surface area contributed by atoms with E-state index in [9.17, 15) is 22.4 Å². The van der Waals surface area contributed by atoms with E-state index in [0.717, 1.165) is 33.5 Å². The summed E-state index contributed by atoms with van der Waals surface area (Å²) in [4.78, 5) is 26.8. The van der Waals surface area contributed by atoms with E-state index in [1.165, 1.54) is 24.3 Å². The molecular weight excluding hydrogens is 445 g/mol. The molecule has 0 aliphatic carbocycles. The maximum atomic E-state index is 13.5. The lowest BCUT2D eigenvalue weighted by atomic mass is 10.2. The van der Waals surface area contributed by atoms with Gasteiger partial charge in [-0.25, -0.2) is 17.7 Å². The van der Waals surface area contributed by atoms with Crippen LogP contribution in [0.3, 0.4) is 0 Å². The second-order valence-corrected chi connectivity index (χ2v) is 9.33. The van der Waals surface area contributed by atoms with Crippen LogP contribution in [0.25, 0.3) is 0 Å². The number of nitriles is 1. The molecule has 2 amide bonds. The van der Waals surface area contributed by atoms with E-state index in [-0.39, 0.29) is 23.5 Å². The second-order valence-electron chi connectivity index (χ2n) is 7.44. The number of rotatable bonds is 6. The highest BCUT2D eigenvalue weighted by Gasteiger charge is 2.47. The number of carbonyl (C=O) groups excluding carboxylic acids is 2. The van der Waals surface area contributed by atoms with Gasteiger partial charge in [0.15, 0.2) is 0 Å². The molecule has 1 saturated heterocycles. The van der Waals surface area contributed by atoms with Gasteiger partial charge in [0.05, 0.1) is 28.6 Å². The number of nitrogens with zero attached hydrogens (tertiary/aromatic N) is 3. The van der Waals surface area contributed by atoms with Crippen molar-refractivity contribution < 1.29 is 22.4 Å². The molecule has 0 N–H and O–H groups in total. The third-order valence-corrected chi connectivity index (χ3v) is 7.20. The smallest absolute Gasteiger partial charge is 0.252 e. The molecule has 3 aromatic carbocycles. The van der Waals surface area contributed by atoms with Gasteiger partial charge in [-0.1, -0.05) is 30.3 Å². The first-order chi connectivity index (χ1) is 15.8. The van der Waals surface area contributed by atoms with Crippen molar-refractivity contribution in [3.05, 3.63) is 95.8 Å². The van der Waals surface area contributed by atoms with Crippen LogP contribution in [0, 0.1) is 17.1 Å². The largest absolute Gasteiger partial charge is 0.274 e. The van der Waals surface area contributed by atoms with Crippen molar-refractivity contribution in [2.24, 2.45) is 0 Å². The quantitative estimate of drug-likeness (QED) is 0.523. The fourth-order valence-corrected chi connectivity index (χ4v) is 5.23. The predicted molar refractivity (Wildman–Crippen MR) is 118 cm³/mol. The number of sulfonamides is 1. The molecular formula is C24H18FN3O4S. The SMILES string of the molecule is N#Cc1ccc(N2C(=O)CC(N(Cc3ccccc3)S(=O)(=O)c3ccc(F)cc3)C2=O)cc1. The summed E-state index contributed by atoms with van der Waals surface area (Å²) in [5.74, 6) is -1.84. The van der Waals surface area contributed by atoms with E-state index in [2.05, 4.69) is 0 Å². The van der Waals surface area contributed by atoms with Gasteiger partial charge < -0.3 is 0 Å². The van der Waals surface area contributed by atoms with Gasteiger partial charge in [0.2, 0.25) is 15.9 Å². The van der Waals surface area contributed by atoms with Gasteiger partial charge in [-0.05, 0) is 54.1 Å². The molecule has 1 aliphatic rings. The van der Waals surface area contributed by atoms with Gasteiger partial charge in [-0.15, -0.1) is 0 Å². The Bertz CT molecular complexity index is 1340. The summed E-state index contributed by atoms with van der Waals surface area (Å²) in [5.41, 5.74) is 1.24. The molecule has 3 aromatic rings. The third-order valence-electron chi connectivity index (χ3n) is 5.33. The Balaban J connectivity index is 1.73. The highest BCUT2D eigenvalue weighted by molar-refractivity contribution is 7.89. The van der Waals surface area contributed by atoms with Crippen molar-refractivity contribution >= 4 is 27.5 Å². The van der Waals surface area contributed by atoms with Crippen LogP contribution in [-0.2, 0) is 26.2 Å². The van der Waals surface area contributed by atoms with Crippen LogP contribution in [0.1, 0.15) is 17.5 Å². The fourth-order valence-electron chi connectivity index (χ4n) is 3.67. The zero-order valence-electron chi connectivity index (χ0n) is 17.3. The lowest BCUT2D eigenvalue weighted by Gasteiger charge is -2.27. The zero-order valence-corrected chi connectivity index (χ0v) is 18.1. The molecule has 166 valence electrons. The van der Waals surface area contributed by atoms with Crippen molar-refractivity contribution in [3.8, 4) is 6.07 Å². The third kappa shape index (κ3) is 4.39. The van der Waals surface area contributed by atoms with Gasteiger partial charge in [0.25, 0.3) is 5.91 Å². The van der Waals surface area contributed by atoms with Crippen molar-refractivity contribution in [2.75, 3.05) is 4.90 Å². The van der Waals surface area contributed by atoms with E-state index in [1.54, 1.807) is 30.3 Å². The fraction of sp³-hybridized carbons (Fsp3) is 0.125. The highest BCUT2D eigenvalue weighted by Crippen LogP contribution is 2.30. The van der Waals surface area contributed by atoms with Gasteiger partial charge in [0, 0.05) is 6.54 Å². The van der Waals surface area contributed by atoms with E-state index < -0.39 is 33.7 Å². The normalized spacial score (nSPS) is 16.3. The number of carbonyl (C=O) groups is 2. The minimum atomic E-state index is -4.25. The number of hydrogen-bond donors (Lipinski definition) is 0. The average molecular weight is 463 g/mol. The van der Waals surface area contributed by atoms with Gasteiger partial charge in [-0.3, -0.25) is 9.59 Å². The summed E-state index contributed by atoms with van der Waals surface area (Å²) < 4.78 is 41.4. The Morgan fingerprint density at radius 2 is 1.61 bits per heavy atom. The Kier molecular flexibility index (Phi) is 6.05. The van der Waals surface area contributed by atoms with Crippen LogP contribution in [0.2, 0.25) is 0 Å². The first-order valence-electron chi connectivity index (χ1n) is 9.99. The Morgan fingerprint density at radius 1 is 0.970 bits per heavy atom. The van der Waals surface area contributed by atoms with Gasteiger partial charge in [0.1, 0.15) is 11.9 Å². The lowest BCUT2D eigenvalue weighted by Crippen LogP contribution is -2.45. The first kappa shape index (κ1) is 22.3. The van der Waals surface area contributed by atoms with Gasteiger partial charge in [-0.2, -0.15) is 9.57 Å². The second kappa shape index (κ2) is 8.94. The summed E-state index contributed by atoms with van der Waals surface area (Å²) in [6.45, 7) is -0.147. The first-order valence-corrected chi connectivity index (χ1v) is 11.4. The van der Waals surface area contributed by atoms with Crippen molar-refractivity contribution in [1.82, 2.24) is 4.31 Å². The molecule has 33 heavy (non-hydrogen) atoms. The summed E-state index contributed by atoms with van der Waals surface area (Å²) in [6.07, 6.45) is -0.341. The molecule has 0 saturated carbocycles. The lowest BCUT2D eigenvalue weighted by molar-refractivity contribution is -0.122. The molecule has 0 aromatic heterocycles. The van der Waals surface area contributed by atoms with Crippen LogP contribution < -0.4 is 4.90 Å². The molecule has 1 atom stereocenters. The summed E-state index contributed by atoms with van der Waals surface area (Å²) >= 11 is 0. The Labute approximate surface area is 190 Å². The van der Waals surface area contributed by atoms with E-state index >= 15 is 0 Å². The van der Waals surface area contributed by atoms with Crippen molar-refractivity contribution in [2.45, 2.75) is 23.9 Å². The van der Waals surface area contributed by atoms with E-state index in [4.69, 9.17) is 5.26 Å². The van der Waals surface area contributed by atoms with E-state index in [0.29, 0.717) is 11.1 Å². The molecule has 0 spiro atoms. The molecule has 9 heteroatoms. The molecule has 1 fully saturated rings. The topological polar surface area (TPSA) is 98.5 Å². The summed E-state index contributed by atoms with van der Waals surface area (Å²) in [5, 5.41) is 8.97. The number of hydrogen-bond acceptors (Lipinski definition) is 5. The molecule has 1 heterocycles. The summed E-state index contributed by atoms with van der Waals surface area (Å²) in [6, 6.07) is 19.6. The minimum absolute atomic E-state index is 0.147. The van der Waals surface area contributed by atoms with Crippen LogP contribution in [0.15, 0.2) is 83.8 Å². The number of anilines is 1. The Morgan fingerprint density at radius 3 is 2.21 bits per heavy atom. The molecule has 0 radical (unpaired) electrons. The minimum Gasteiger partial charge on any atom is -0.274 e. The van der Waals surface area contributed by atoms with Crippen LogP contribution >= 0.6 is 0 Å². The van der Waals surface area contributed by atoms with E-state index in [1.807, 2.05) is 6.07 Å². The van der Waals surface area contributed by atoms with Crippen molar-refractivity contribution in [3.63, 3.8) is 0 Å². The van der Waals surface area contributed by atoms with Crippen molar-refractivity contribution in [1.29, 1.82) is 5.26 Å². The molecule has 7 nitrogen and oxygen atoms in total. The molecule has 0 bridgehead atoms. The van der Waals surface area contributed by atoms with Gasteiger partial charge >= 0.3 is 0 Å². The molecule has 4 rings (SSSR count). The number of halogens is 1. The maximum Gasteiger partial charge on any atom is 0.252 e. The van der Waals surface area contributed by atoms with Crippen LogP contribution in [-0.4, -0.2) is 30.6 Å². The standard InChI is InChI=1S/C24H18FN3O4S/c25-19-8-12-21(13-9-19)33(31,32)27(16-18-4-2-1-3-5-18)22-14-23(29)28(24(22)30)20-10-6-17(15-26)7-11-20/h1-13,22H,14,16H2. The zero-order chi connectivity index (χ0) is 23.6. The predicted octanol–water partition coefficient (Wildman–Crippen LogP) is 3.22. The highest BCUT2D eigenvalue weighted by atomic mass is 32.2.